The molecule has 0 aliphatic rings. The molecule has 0 radical (unpaired) electrons. The third kappa shape index (κ3) is 2.91. The molecular weight excluding hydrogens is 248 g/mol. The van der Waals surface area contributed by atoms with Crippen LogP contribution in [0, 0.1) is 0 Å². The van der Waals surface area contributed by atoms with Crippen molar-refractivity contribution < 1.29 is 4.79 Å². The Morgan fingerprint density at radius 2 is 2.00 bits per heavy atom. The number of benzene rings is 1. The van der Waals surface area contributed by atoms with Crippen LogP contribution >= 0.6 is 23.1 Å². The summed E-state index contributed by atoms with van der Waals surface area (Å²) in [5.74, 6) is 0. The van der Waals surface area contributed by atoms with Crippen LogP contribution in [0.4, 0.5) is 15.6 Å². The molecule has 0 saturated carbocycles. The molecule has 0 atom stereocenters. The van der Waals surface area contributed by atoms with Crippen molar-refractivity contribution in [1.82, 2.24) is 9.36 Å². The van der Waals surface area contributed by atoms with Crippen LogP contribution in [0.15, 0.2) is 30.6 Å². The lowest BCUT2D eigenvalue weighted by molar-refractivity contribution is 0.262. The maximum Gasteiger partial charge on any atom is 0.325 e. The number of amides is 2. The summed E-state index contributed by atoms with van der Waals surface area (Å²) >= 11 is 6.83. The van der Waals surface area contributed by atoms with Gasteiger partial charge in [-0.1, -0.05) is 11.6 Å². The largest absolute Gasteiger partial charge is 0.325 e. The fraction of sp³-hybridized carbons (Fsp3) is 0. The normalized spacial score (nSPS) is 9.81. The number of rotatable bonds is 2. The van der Waals surface area contributed by atoms with Crippen molar-refractivity contribution in [3.8, 4) is 0 Å². The predicted molar refractivity (Wildman–Crippen MR) is 64.0 cm³/mol. The highest BCUT2D eigenvalue weighted by Crippen LogP contribution is 2.14. The average molecular weight is 255 g/mol. The molecule has 1 heterocycles. The van der Waals surface area contributed by atoms with E-state index in [1.54, 1.807) is 24.3 Å². The minimum absolute atomic E-state index is 0.362. The Balaban J connectivity index is 1.95. The summed E-state index contributed by atoms with van der Waals surface area (Å²) in [5, 5.41) is 6.26. The van der Waals surface area contributed by atoms with Crippen LogP contribution in [0.3, 0.4) is 0 Å². The molecule has 0 bridgehead atoms. The van der Waals surface area contributed by atoms with Gasteiger partial charge in [0.15, 0.2) is 0 Å². The second kappa shape index (κ2) is 4.91. The molecule has 0 unspecified atom stereocenters. The first kappa shape index (κ1) is 10.8. The molecule has 82 valence electrons. The number of carbonyl (C=O) groups excluding carboxylic acids is 1. The van der Waals surface area contributed by atoms with Crippen LogP contribution in [-0.4, -0.2) is 15.4 Å². The van der Waals surface area contributed by atoms with Gasteiger partial charge in [0.2, 0.25) is 5.13 Å². The Morgan fingerprint density at radius 1 is 1.25 bits per heavy atom. The molecule has 2 N–H and O–H groups in total. The summed E-state index contributed by atoms with van der Waals surface area (Å²) in [6.07, 6.45) is 1.38. The van der Waals surface area contributed by atoms with E-state index in [0.717, 1.165) is 11.5 Å². The van der Waals surface area contributed by atoms with Crippen LogP contribution in [0.25, 0.3) is 0 Å². The van der Waals surface area contributed by atoms with E-state index < -0.39 is 0 Å². The highest BCUT2D eigenvalue weighted by atomic mass is 35.5. The second-order valence-corrected chi connectivity index (χ2v) is 4.05. The van der Waals surface area contributed by atoms with E-state index in [-0.39, 0.29) is 6.03 Å². The third-order valence-electron chi connectivity index (χ3n) is 1.68. The van der Waals surface area contributed by atoms with Gasteiger partial charge < -0.3 is 5.32 Å². The van der Waals surface area contributed by atoms with Gasteiger partial charge in [-0.15, -0.1) is 0 Å². The first-order chi connectivity index (χ1) is 7.74. The quantitative estimate of drug-likeness (QED) is 0.866. The molecule has 0 aliphatic carbocycles. The van der Waals surface area contributed by atoms with Crippen LogP contribution < -0.4 is 10.6 Å². The van der Waals surface area contributed by atoms with Crippen molar-refractivity contribution >= 4 is 40.0 Å². The van der Waals surface area contributed by atoms with Gasteiger partial charge in [0, 0.05) is 22.2 Å². The Hall–Kier alpha value is -1.66. The van der Waals surface area contributed by atoms with Crippen LogP contribution in [0.2, 0.25) is 5.02 Å². The van der Waals surface area contributed by atoms with E-state index in [2.05, 4.69) is 20.0 Å². The SMILES string of the molecule is O=C(Nc1ccc(Cl)cc1)Nc1ncns1. The van der Waals surface area contributed by atoms with E-state index in [4.69, 9.17) is 11.6 Å². The Bertz CT molecular complexity index is 471. The van der Waals surface area contributed by atoms with Gasteiger partial charge in [0.25, 0.3) is 0 Å². The number of urea groups is 1. The average Bonchev–Trinajstić information content (AvgIpc) is 2.74. The van der Waals surface area contributed by atoms with Crippen molar-refractivity contribution in [2.24, 2.45) is 0 Å². The molecule has 1 aromatic carbocycles. The topological polar surface area (TPSA) is 66.9 Å². The minimum atomic E-state index is -0.362. The molecule has 0 saturated heterocycles. The second-order valence-electron chi connectivity index (χ2n) is 2.83. The zero-order valence-corrected chi connectivity index (χ0v) is 9.55. The molecule has 2 amide bonds. The molecule has 16 heavy (non-hydrogen) atoms. The monoisotopic (exact) mass is 254 g/mol. The number of carbonyl (C=O) groups is 1. The van der Waals surface area contributed by atoms with Gasteiger partial charge in [0.1, 0.15) is 6.33 Å². The Kier molecular flexibility index (Phi) is 3.33. The highest BCUT2D eigenvalue weighted by molar-refractivity contribution is 7.09. The number of halogens is 1. The van der Waals surface area contributed by atoms with Crippen molar-refractivity contribution in [2.45, 2.75) is 0 Å². The molecule has 5 nitrogen and oxygen atoms in total. The molecule has 2 rings (SSSR count). The maximum absolute atomic E-state index is 11.4. The van der Waals surface area contributed by atoms with Gasteiger partial charge in [0.05, 0.1) is 0 Å². The predicted octanol–water partition coefficient (Wildman–Crippen LogP) is 2.84. The lowest BCUT2D eigenvalue weighted by Gasteiger charge is -2.04. The van der Waals surface area contributed by atoms with E-state index in [0.29, 0.717) is 15.8 Å². The lowest BCUT2D eigenvalue weighted by atomic mass is 10.3. The zero-order chi connectivity index (χ0) is 11.4. The van der Waals surface area contributed by atoms with Crippen molar-refractivity contribution in [3.63, 3.8) is 0 Å². The number of anilines is 2. The summed E-state index contributed by atoms with van der Waals surface area (Å²) in [6, 6.07) is 6.45. The maximum atomic E-state index is 11.4. The van der Waals surface area contributed by atoms with E-state index in [9.17, 15) is 4.79 Å². The molecule has 0 aliphatic heterocycles. The van der Waals surface area contributed by atoms with Crippen molar-refractivity contribution in [3.05, 3.63) is 35.6 Å². The first-order valence-electron chi connectivity index (χ1n) is 4.34. The van der Waals surface area contributed by atoms with E-state index in [1.807, 2.05) is 0 Å². The Labute approximate surface area is 101 Å². The number of nitrogens with zero attached hydrogens (tertiary/aromatic N) is 2. The third-order valence-corrected chi connectivity index (χ3v) is 2.52. The van der Waals surface area contributed by atoms with Crippen LogP contribution in [-0.2, 0) is 0 Å². The van der Waals surface area contributed by atoms with Crippen LogP contribution in [0.5, 0.6) is 0 Å². The smallest absolute Gasteiger partial charge is 0.308 e. The summed E-state index contributed by atoms with van der Waals surface area (Å²) < 4.78 is 3.76. The number of hydrogen-bond donors (Lipinski definition) is 2. The van der Waals surface area contributed by atoms with Crippen LogP contribution in [0.1, 0.15) is 0 Å². The van der Waals surface area contributed by atoms with E-state index >= 15 is 0 Å². The standard InChI is InChI=1S/C9H7ClN4OS/c10-6-1-3-7(4-2-6)13-8(15)14-9-11-5-12-16-9/h1-5H,(H2,11,12,13,14,15). The zero-order valence-electron chi connectivity index (χ0n) is 7.98. The summed E-state index contributed by atoms with van der Waals surface area (Å²) in [5.41, 5.74) is 0.659. The van der Waals surface area contributed by atoms with Gasteiger partial charge in [-0.25, -0.2) is 9.78 Å². The van der Waals surface area contributed by atoms with Gasteiger partial charge >= 0.3 is 6.03 Å². The number of aromatic nitrogens is 2. The fourth-order valence-electron chi connectivity index (χ4n) is 1.02. The first-order valence-corrected chi connectivity index (χ1v) is 5.49. The van der Waals surface area contributed by atoms with Gasteiger partial charge in [-0.3, -0.25) is 5.32 Å². The summed E-state index contributed by atoms with van der Waals surface area (Å²) in [7, 11) is 0. The molecular formula is C9H7ClN4OS. The summed E-state index contributed by atoms with van der Waals surface area (Å²) in [6.45, 7) is 0. The van der Waals surface area contributed by atoms with E-state index in [1.165, 1.54) is 6.33 Å². The molecule has 7 heteroatoms. The van der Waals surface area contributed by atoms with Gasteiger partial charge in [-0.2, -0.15) is 4.37 Å². The molecule has 0 fully saturated rings. The van der Waals surface area contributed by atoms with Crippen molar-refractivity contribution in [1.29, 1.82) is 0 Å². The lowest BCUT2D eigenvalue weighted by Crippen LogP contribution is -2.19. The number of nitrogens with one attached hydrogen (secondary N) is 2. The highest BCUT2D eigenvalue weighted by Gasteiger charge is 2.04. The summed E-state index contributed by atoms with van der Waals surface area (Å²) in [4.78, 5) is 15.3. The molecule has 0 spiro atoms. The minimum Gasteiger partial charge on any atom is -0.308 e. The number of hydrogen-bond acceptors (Lipinski definition) is 4. The Morgan fingerprint density at radius 3 is 2.62 bits per heavy atom. The fourth-order valence-corrected chi connectivity index (χ4v) is 1.57. The van der Waals surface area contributed by atoms with Crippen molar-refractivity contribution in [2.75, 3.05) is 10.6 Å². The molecule has 1 aromatic heterocycles. The van der Waals surface area contributed by atoms with Gasteiger partial charge in [-0.05, 0) is 24.3 Å². The molecule has 2 aromatic rings.